The van der Waals surface area contributed by atoms with Gasteiger partial charge in [0.2, 0.25) is 0 Å². The summed E-state index contributed by atoms with van der Waals surface area (Å²) in [5.41, 5.74) is 1.43. The van der Waals surface area contributed by atoms with Crippen molar-refractivity contribution in [3.8, 4) is 0 Å². The molecule has 2 aromatic rings. The number of nitrogens with one attached hydrogen (secondary N) is 3. The van der Waals surface area contributed by atoms with E-state index >= 15 is 0 Å². The standard InChI is InChI=1S/C21H31ClN6O3S/c1-5-9-23-15-11-28(21-24-12(4)16(32-21)20(30)31-7-3)10-8-14(15)26-19(29)18-25-13(6-2)17(22)27-18/h14-15,23H,5-11H2,1-4H3,(H,25,27)(H,26,29)/t14-,15-/m1/s1. The molecule has 2 atom stereocenters. The van der Waals surface area contributed by atoms with E-state index < -0.39 is 0 Å². The number of imidazole rings is 1. The average molecular weight is 483 g/mol. The zero-order chi connectivity index (χ0) is 23.3. The van der Waals surface area contributed by atoms with Crippen LogP contribution in [0, 0.1) is 6.92 Å². The molecule has 0 spiro atoms. The number of esters is 1. The smallest absolute Gasteiger partial charge is 0.350 e. The van der Waals surface area contributed by atoms with Crippen molar-refractivity contribution >= 4 is 39.9 Å². The van der Waals surface area contributed by atoms with Crippen LogP contribution in [0.15, 0.2) is 0 Å². The lowest BCUT2D eigenvalue weighted by molar-refractivity contribution is 0.0531. The van der Waals surface area contributed by atoms with Crippen LogP contribution in [0.1, 0.15) is 65.3 Å². The number of thiazole rings is 1. The number of nitrogens with zero attached hydrogens (tertiary/aromatic N) is 3. The third-order valence-electron chi connectivity index (χ3n) is 5.40. The van der Waals surface area contributed by atoms with Crippen molar-refractivity contribution in [1.29, 1.82) is 0 Å². The first-order chi connectivity index (χ1) is 15.4. The fourth-order valence-electron chi connectivity index (χ4n) is 3.71. The Morgan fingerprint density at radius 1 is 1.28 bits per heavy atom. The van der Waals surface area contributed by atoms with E-state index in [2.05, 4.69) is 37.4 Å². The lowest BCUT2D eigenvalue weighted by atomic mass is 9.99. The predicted octanol–water partition coefficient (Wildman–Crippen LogP) is 2.94. The Labute approximate surface area is 197 Å². The van der Waals surface area contributed by atoms with Crippen LogP contribution in [0.2, 0.25) is 5.15 Å². The molecular formula is C21H31ClN6O3S. The van der Waals surface area contributed by atoms with Gasteiger partial charge in [0.1, 0.15) is 4.88 Å². The molecule has 176 valence electrons. The van der Waals surface area contributed by atoms with Crippen LogP contribution in [0.5, 0.6) is 0 Å². The molecule has 1 aliphatic rings. The van der Waals surface area contributed by atoms with E-state index in [1.165, 1.54) is 11.3 Å². The molecule has 0 saturated carbocycles. The van der Waals surface area contributed by atoms with Gasteiger partial charge in [-0.25, -0.2) is 14.8 Å². The van der Waals surface area contributed by atoms with Crippen molar-refractivity contribution in [3.05, 3.63) is 27.2 Å². The second-order valence-electron chi connectivity index (χ2n) is 7.72. The van der Waals surface area contributed by atoms with Crippen molar-refractivity contribution in [1.82, 2.24) is 25.6 Å². The Morgan fingerprint density at radius 2 is 2.06 bits per heavy atom. The van der Waals surface area contributed by atoms with E-state index in [-0.39, 0.29) is 29.8 Å². The molecule has 1 saturated heterocycles. The van der Waals surface area contributed by atoms with E-state index in [1.807, 2.05) is 13.8 Å². The average Bonchev–Trinajstić information content (AvgIpc) is 3.35. The highest BCUT2D eigenvalue weighted by molar-refractivity contribution is 7.17. The minimum absolute atomic E-state index is 0.0268. The largest absolute Gasteiger partial charge is 0.462 e. The van der Waals surface area contributed by atoms with E-state index in [1.54, 1.807) is 6.92 Å². The molecule has 0 aromatic carbocycles. The van der Waals surface area contributed by atoms with Crippen molar-refractivity contribution in [2.24, 2.45) is 0 Å². The van der Waals surface area contributed by atoms with Gasteiger partial charge >= 0.3 is 5.97 Å². The summed E-state index contributed by atoms with van der Waals surface area (Å²) >= 11 is 7.45. The number of aryl methyl sites for hydroxylation is 2. The molecule has 32 heavy (non-hydrogen) atoms. The normalized spacial score (nSPS) is 18.6. The van der Waals surface area contributed by atoms with Crippen LogP contribution >= 0.6 is 22.9 Å². The third kappa shape index (κ3) is 5.60. The number of carbonyl (C=O) groups excluding carboxylic acids is 2. The number of carbonyl (C=O) groups is 2. The number of aromatic amines is 1. The number of amides is 1. The zero-order valence-electron chi connectivity index (χ0n) is 19.0. The fourth-order valence-corrected chi connectivity index (χ4v) is 4.97. The molecule has 11 heteroatoms. The summed E-state index contributed by atoms with van der Waals surface area (Å²) in [7, 11) is 0. The fraction of sp³-hybridized carbons (Fsp3) is 0.619. The maximum Gasteiger partial charge on any atom is 0.350 e. The van der Waals surface area contributed by atoms with Crippen molar-refractivity contribution < 1.29 is 14.3 Å². The van der Waals surface area contributed by atoms with Crippen molar-refractivity contribution in [3.63, 3.8) is 0 Å². The van der Waals surface area contributed by atoms with Crippen LogP contribution in [0.3, 0.4) is 0 Å². The van der Waals surface area contributed by atoms with Gasteiger partial charge < -0.3 is 25.3 Å². The molecule has 3 rings (SSSR count). The highest BCUT2D eigenvalue weighted by Crippen LogP contribution is 2.29. The lowest BCUT2D eigenvalue weighted by Gasteiger charge is -2.39. The molecule has 3 heterocycles. The Hall–Kier alpha value is -2.17. The van der Waals surface area contributed by atoms with Crippen LogP contribution in [0.4, 0.5) is 5.13 Å². The quantitative estimate of drug-likeness (QED) is 0.471. The number of rotatable bonds is 9. The molecule has 3 N–H and O–H groups in total. The van der Waals surface area contributed by atoms with Crippen LogP contribution < -0.4 is 15.5 Å². The van der Waals surface area contributed by atoms with Gasteiger partial charge in [-0.15, -0.1) is 0 Å². The first kappa shape index (κ1) is 24.5. The number of hydrogen-bond donors (Lipinski definition) is 3. The highest BCUT2D eigenvalue weighted by Gasteiger charge is 2.33. The number of aromatic nitrogens is 3. The van der Waals surface area contributed by atoms with Gasteiger partial charge in [0, 0.05) is 25.2 Å². The molecule has 0 unspecified atom stereocenters. The molecule has 0 aliphatic carbocycles. The Bertz CT molecular complexity index is 946. The number of anilines is 1. The van der Waals surface area contributed by atoms with Crippen LogP contribution in [-0.4, -0.2) is 65.2 Å². The third-order valence-corrected chi connectivity index (χ3v) is 6.91. The minimum atomic E-state index is -0.333. The molecule has 1 aliphatic heterocycles. The summed E-state index contributed by atoms with van der Waals surface area (Å²) in [6, 6.07) is -0.0381. The number of hydrogen-bond acceptors (Lipinski definition) is 8. The molecule has 2 aromatic heterocycles. The second-order valence-corrected chi connectivity index (χ2v) is 9.05. The summed E-state index contributed by atoms with van der Waals surface area (Å²) in [5, 5.41) is 7.79. The number of H-pyrrole nitrogens is 1. The SMILES string of the molecule is CCCN[C@@H]1CN(c2nc(C)c(C(=O)OCC)s2)CC[C@H]1NC(=O)c1nc(Cl)c(CC)[nH]1. The summed E-state index contributed by atoms with van der Waals surface area (Å²) < 4.78 is 5.14. The first-order valence-electron chi connectivity index (χ1n) is 11.1. The zero-order valence-corrected chi connectivity index (χ0v) is 20.5. The molecule has 1 fully saturated rings. The van der Waals surface area contributed by atoms with Crippen LogP contribution in [0.25, 0.3) is 0 Å². The molecule has 1 amide bonds. The van der Waals surface area contributed by atoms with Gasteiger partial charge in [-0.05, 0) is 39.7 Å². The lowest BCUT2D eigenvalue weighted by Crippen LogP contribution is -2.59. The van der Waals surface area contributed by atoms with E-state index in [0.29, 0.717) is 41.8 Å². The predicted molar refractivity (Wildman–Crippen MR) is 126 cm³/mol. The summed E-state index contributed by atoms with van der Waals surface area (Å²) in [5.74, 6) is -0.360. The minimum Gasteiger partial charge on any atom is -0.462 e. The van der Waals surface area contributed by atoms with Gasteiger partial charge in [0.05, 0.1) is 18.0 Å². The summed E-state index contributed by atoms with van der Waals surface area (Å²) in [6.45, 7) is 10.2. The van der Waals surface area contributed by atoms with Crippen LogP contribution in [-0.2, 0) is 11.2 Å². The first-order valence-corrected chi connectivity index (χ1v) is 12.2. The highest BCUT2D eigenvalue weighted by atomic mass is 35.5. The van der Waals surface area contributed by atoms with Crippen molar-refractivity contribution in [2.75, 3.05) is 31.1 Å². The summed E-state index contributed by atoms with van der Waals surface area (Å²) in [6.07, 6.45) is 2.39. The molecule has 0 radical (unpaired) electrons. The molecular weight excluding hydrogens is 452 g/mol. The van der Waals surface area contributed by atoms with Gasteiger partial charge in [-0.3, -0.25) is 4.79 Å². The van der Waals surface area contributed by atoms with Gasteiger partial charge in [-0.1, -0.05) is 36.8 Å². The molecule has 0 bridgehead atoms. The Balaban J connectivity index is 1.71. The van der Waals surface area contributed by atoms with E-state index in [9.17, 15) is 9.59 Å². The maximum atomic E-state index is 12.8. The second kappa shape index (κ2) is 11.1. The Morgan fingerprint density at radius 3 is 2.72 bits per heavy atom. The van der Waals surface area contributed by atoms with Gasteiger partial charge in [0.15, 0.2) is 16.1 Å². The maximum absolute atomic E-state index is 12.8. The topological polar surface area (TPSA) is 112 Å². The van der Waals surface area contributed by atoms with E-state index in [4.69, 9.17) is 16.3 Å². The number of piperidine rings is 1. The monoisotopic (exact) mass is 482 g/mol. The van der Waals surface area contributed by atoms with Crippen molar-refractivity contribution in [2.45, 2.75) is 59.0 Å². The van der Waals surface area contributed by atoms with Gasteiger partial charge in [-0.2, -0.15) is 0 Å². The van der Waals surface area contributed by atoms with E-state index in [0.717, 1.165) is 30.2 Å². The summed E-state index contributed by atoms with van der Waals surface area (Å²) in [4.78, 5) is 39.4. The van der Waals surface area contributed by atoms with Gasteiger partial charge in [0.25, 0.3) is 5.91 Å². The molecule has 9 nitrogen and oxygen atoms in total. The number of ether oxygens (including phenoxy) is 1. The Kier molecular flexibility index (Phi) is 8.50. The number of halogens is 1.